The molecule has 9 heteroatoms. The molecule has 0 saturated carbocycles. The van der Waals surface area contributed by atoms with Gasteiger partial charge in [-0.05, 0) is 31.2 Å². The minimum atomic E-state index is -3.73. The minimum absolute atomic E-state index is 0.111. The topological polar surface area (TPSA) is 70.8 Å². The van der Waals surface area contributed by atoms with Crippen LogP contribution in [0, 0.1) is 0 Å². The standard InChI is InChI=1S/C14H17ClN2O4S2/c1-10(11-5-4-8-21-11)17(3)13(18)9-16(2)23(19,20)14-7-6-12(15)22-14/h4-8,10H,9H2,1-3H3. The van der Waals surface area contributed by atoms with Crippen molar-refractivity contribution < 1.29 is 17.6 Å². The molecule has 0 aliphatic carbocycles. The first kappa shape index (κ1) is 18.0. The third-order valence-corrected chi connectivity index (χ3v) is 7.00. The molecule has 0 aromatic carbocycles. The molecule has 1 atom stereocenters. The number of rotatable bonds is 6. The zero-order valence-corrected chi connectivity index (χ0v) is 15.3. The molecule has 23 heavy (non-hydrogen) atoms. The van der Waals surface area contributed by atoms with E-state index in [9.17, 15) is 13.2 Å². The summed E-state index contributed by atoms with van der Waals surface area (Å²) in [6, 6.07) is 6.16. The van der Waals surface area contributed by atoms with Gasteiger partial charge in [-0.2, -0.15) is 4.31 Å². The Hall–Kier alpha value is -1.35. The number of amides is 1. The lowest BCUT2D eigenvalue weighted by Crippen LogP contribution is -2.40. The van der Waals surface area contributed by atoms with Crippen LogP contribution in [0.1, 0.15) is 18.7 Å². The highest BCUT2D eigenvalue weighted by Crippen LogP contribution is 2.27. The molecule has 0 N–H and O–H groups in total. The Balaban J connectivity index is 2.07. The highest BCUT2D eigenvalue weighted by Gasteiger charge is 2.27. The van der Waals surface area contributed by atoms with E-state index in [-0.39, 0.29) is 22.7 Å². The number of nitrogens with zero attached hydrogens (tertiary/aromatic N) is 2. The van der Waals surface area contributed by atoms with Crippen LogP contribution in [0.25, 0.3) is 0 Å². The summed E-state index contributed by atoms with van der Waals surface area (Å²) in [5, 5.41) is 0. The van der Waals surface area contributed by atoms with Gasteiger partial charge in [0.05, 0.1) is 23.2 Å². The van der Waals surface area contributed by atoms with Gasteiger partial charge in [0.25, 0.3) is 10.0 Å². The number of hydrogen-bond acceptors (Lipinski definition) is 5. The molecule has 0 bridgehead atoms. The largest absolute Gasteiger partial charge is 0.467 e. The normalized spacial score (nSPS) is 13.3. The molecule has 0 spiro atoms. The van der Waals surface area contributed by atoms with Crippen molar-refractivity contribution in [2.75, 3.05) is 20.6 Å². The summed E-state index contributed by atoms with van der Waals surface area (Å²) in [5.74, 6) is 0.305. The van der Waals surface area contributed by atoms with Crippen molar-refractivity contribution in [3.8, 4) is 0 Å². The van der Waals surface area contributed by atoms with Crippen LogP contribution in [0.2, 0.25) is 4.34 Å². The predicted octanol–water partition coefficient (Wildman–Crippen LogP) is 2.83. The molecule has 0 aliphatic heterocycles. The van der Waals surface area contributed by atoms with Crippen molar-refractivity contribution >= 4 is 38.9 Å². The van der Waals surface area contributed by atoms with Crippen molar-refractivity contribution in [1.29, 1.82) is 0 Å². The number of carbonyl (C=O) groups is 1. The summed E-state index contributed by atoms with van der Waals surface area (Å²) in [6.07, 6.45) is 1.53. The van der Waals surface area contributed by atoms with Gasteiger partial charge in [0, 0.05) is 14.1 Å². The highest BCUT2D eigenvalue weighted by molar-refractivity contribution is 7.91. The van der Waals surface area contributed by atoms with Crippen LogP contribution in [0.3, 0.4) is 0 Å². The van der Waals surface area contributed by atoms with E-state index in [1.54, 1.807) is 19.2 Å². The van der Waals surface area contributed by atoms with Crippen LogP contribution in [0.15, 0.2) is 39.2 Å². The zero-order chi connectivity index (χ0) is 17.2. The number of thiophene rings is 1. The van der Waals surface area contributed by atoms with E-state index in [1.165, 1.54) is 30.3 Å². The molecule has 0 saturated heterocycles. The van der Waals surface area contributed by atoms with Crippen LogP contribution >= 0.6 is 22.9 Å². The molecule has 2 rings (SSSR count). The maximum absolute atomic E-state index is 12.4. The SMILES string of the molecule is CC(c1ccco1)N(C)C(=O)CN(C)S(=O)(=O)c1ccc(Cl)s1. The smallest absolute Gasteiger partial charge is 0.252 e. The second-order valence-corrected chi connectivity index (χ2v) is 9.00. The van der Waals surface area contributed by atoms with E-state index in [1.807, 2.05) is 6.92 Å². The van der Waals surface area contributed by atoms with Crippen molar-refractivity contribution in [2.24, 2.45) is 0 Å². The fraction of sp³-hybridized carbons (Fsp3) is 0.357. The quantitative estimate of drug-likeness (QED) is 0.777. The molecule has 1 amide bonds. The van der Waals surface area contributed by atoms with Crippen LogP contribution < -0.4 is 0 Å². The highest BCUT2D eigenvalue weighted by atomic mass is 35.5. The maximum atomic E-state index is 12.4. The Bertz CT molecular complexity index is 771. The Morgan fingerprint density at radius 2 is 2.04 bits per heavy atom. The average Bonchev–Trinajstić information content (AvgIpc) is 3.16. The van der Waals surface area contributed by atoms with E-state index >= 15 is 0 Å². The summed E-state index contributed by atoms with van der Waals surface area (Å²) in [7, 11) is -0.753. The molecule has 1 unspecified atom stereocenters. The van der Waals surface area contributed by atoms with Gasteiger partial charge in [-0.1, -0.05) is 11.6 Å². The van der Waals surface area contributed by atoms with Gasteiger partial charge in [0.2, 0.25) is 5.91 Å². The molecule has 6 nitrogen and oxygen atoms in total. The van der Waals surface area contributed by atoms with Crippen LogP contribution in [-0.4, -0.2) is 44.2 Å². The summed E-state index contributed by atoms with van der Waals surface area (Å²) in [6.45, 7) is 1.55. The summed E-state index contributed by atoms with van der Waals surface area (Å²) >= 11 is 6.73. The van der Waals surface area contributed by atoms with Gasteiger partial charge in [0.1, 0.15) is 9.97 Å². The predicted molar refractivity (Wildman–Crippen MR) is 89.0 cm³/mol. The zero-order valence-electron chi connectivity index (χ0n) is 12.9. The second-order valence-electron chi connectivity index (χ2n) is 5.02. The molecular formula is C14H17ClN2O4S2. The monoisotopic (exact) mass is 376 g/mol. The fourth-order valence-electron chi connectivity index (χ4n) is 1.91. The third-order valence-electron chi connectivity index (χ3n) is 3.50. The first-order chi connectivity index (χ1) is 10.7. The van der Waals surface area contributed by atoms with Gasteiger partial charge in [-0.3, -0.25) is 4.79 Å². The molecule has 126 valence electrons. The van der Waals surface area contributed by atoms with Crippen molar-refractivity contribution in [3.63, 3.8) is 0 Å². The summed E-state index contributed by atoms with van der Waals surface area (Å²) < 4.78 is 31.6. The lowest BCUT2D eigenvalue weighted by molar-refractivity contribution is -0.132. The van der Waals surface area contributed by atoms with Gasteiger partial charge >= 0.3 is 0 Å². The summed E-state index contributed by atoms with van der Waals surface area (Å²) in [5.41, 5.74) is 0. The average molecular weight is 377 g/mol. The van der Waals surface area contributed by atoms with E-state index in [2.05, 4.69) is 0 Å². The Morgan fingerprint density at radius 3 is 2.57 bits per heavy atom. The number of likely N-dealkylation sites (N-methyl/N-ethyl adjacent to an activating group) is 2. The van der Waals surface area contributed by atoms with Gasteiger partial charge in [-0.15, -0.1) is 11.3 Å². The van der Waals surface area contributed by atoms with E-state index in [0.29, 0.717) is 10.1 Å². The van der Waals surface area contributed by atoms with Gasteiger partial charge < -0.3 is 9.32 Å². The van der Waals surface area contributed by atoms with Crippen molar-refractivity contribution in [2.45, 2.75) is 17.2 Å². The molecule has 2 aromatic rings. The molecule has 2 aromatic heterocycles. The van der Waals surface area contributed by atoms with E-state index < -0.39 is 10.0 Å². The van der Waals surface area contributed by atoms with Crippen molar-refractivity contribution in [1.82, 2.24) is 9.21 Å². The van der Waals surface area contributed by atoms with E-state index in [0.717, 1.165) is 15.6 Å². The van der Waals surface area contributed by atoms with Crippen LogP contribution in [0.4, 0.5) is 0 Å². The van der Waals surface area contributed by atoms with Gasteiger partial charge in [0.15, 0.2) is 0 Å². The fourth-order valence-corrected chi connectivity index (χ4v) is 4.73. The second kappa shape index (κ2) is 7.04. The van der Waals surface area contributed by atoms with Gasteiger partial charge in [-0.25, -0.2) is 8.42 Å². The molecular weight excluding hydrogens is 360 g/mol. The number of halogens is 1. The number of furan rings is 1. The number of hydrogen-bond donors (Lipinski definition) is 0. The third kappa shape index (κ3) is 3.95. The molecule has 0 aliphatic rings. The Labute approximate surface area is 144 Å². The Kier molecular flexibility index (Phi) is 5.51. The number of sulfonamides is 1. The van der Waals surface area contributed by atoms with E-state index in [4.69, 9.17) is 16.0 Å². The van der Waals surface area contributed by atoms with Crippen LogP contribution in [0.5, 0.6) is 0 Å². The Morgan fingerprint density at radius 1 is 1.35 bits per heavy atom. The lowest BCUT2D eigenvalue weighted by Gasteiger charge is -2.25. The first-order valence-electron chi connectivity index (χ1n) is 6.74. The van der Waals surface area contributed by atoms with Crippen molar-refractivity contribution in [3.05, 3.63) is 40.6 Å². The summed E-state index contributed by atoms with van der Waals surface area (Å²) in [4.78, 5) is 13.8. The molecule has 0 radical (unpaired) electrons. The lowest BCUT2D eigenvalue weighted by atomic mass is 10.2. The number of carbonyl (C=O) groups excluding carboxylic acids is 1. The molecule has 0 fully saturated rings. The first-order valence-corrected chi connectivity index (χ1v) is 9.37. The molecule has 2 heterocycles. The minimum Gasteiger partial charge on any atom is -0.467 e. The maximum Gasteiger partial charge on any atom is 0.252 e. The van der Waals surface area contributed by atoms with Crippen LogP contribution in [-0.2, 0) is 14.8 Å².